The minimum absolute atomic E-state index is 1.23. The average molecular weight is 256 g/mol. The Morgan fingerprint density at radius 1 is 0.667 bits per heavy atom. The van der Waals surface area contributed by atoms with E-state index < -0.39 is 0 Å². The van der Waals surface area contributed by atoms with E-state index in [0.29, 0.717) is 0 Å². The maximum absolute atomic E-state index is 2.64. The van der Waals surface area contributed by atoms with Crippen molar-refractivity contribution in [3.63, 3.8) is 0 Å². The lowest BCUT2D eigenvalue weighted by Gasteiger charge is -2.33. The molecule has 0 unspecified atom stereocenters. The van der Waals surface area contributed by atoms with E-state index in [1.807, 2.05) is 13.8 Å². The number of likely N-dealkylation sites (N-methyl/N-ethyl adjacent to an activating group) is 1. The second kappa shape index (κ2) is 13.4. The van der Waals surface area contributed by atoms with Crippen molar-refractivity contribution in [2.75, 3.05) is 39.3 Å². The van der Waals surface area contributed by atoms with Crippen LogP contribution in [-0.2, 0) is 0 Å². The summed E-state index contributed by atoms with van der Waals surface area (Å²) in [6.45, 7) is 16.3. The van der Waals surface area contributed by atoms with Gasteiger partial charge in [0.05, 0.1) is 0 Å². The predicted octanol–water partition coefficient (Wildman–Crippen LogP) is 4.01. The highest BCUT2D eigenvalue weighted by Gasteiger charge is 2.14. The monoisotopic (exact) mass is 256 g/mol. The van der Waals surface area contributed by atoms with Gasteiger partial charge in [-0.3, -0.25) is 0 Å². The van der Waals surface area contributed by atoms with Gasteiger partial charge >= 0.3 is 0 Å². The van der Waals surface area contributed by atoms with Crippen LogP contribution in [0, 0.1) is 0 Å². The number of unbranched alkanes of at least 4 members (excludes halogenated alkanes) is 5. The first-order valence-electron chi connectivity index (χ1n) is 8.31. The molecule has 0 atom stereocenters. The Balaban J connectivity index is 0.00000137. The van der Waals surface area contributed by atoms with Crippen LogP contribution in [0.15, 0.2) is 0 Å². The molecule has 1 rings (SSSR count). The fourth-order valence-corrected chi connectivity index (χ4v) is 2.44. The molecule has 0 aromatic carbocycles. The summed E-state index contributed by atoms with van der Waals surface area (Å²) in [4.78, 5) is 5.20. The molecule has 0 radical (unpaired) electrons. The molecule has 0 aromatic heterocycles. The second-order valence-corrected chi connectivity index (χ2v) is 5.04. The number of piperazine rings is 1. The van der Waals surface area contributed by atoms with Crippen molar-refractivity contribution in [2.45, 2.75) is 66.2 Å². The van der Waals surface area contributed by atoms with Gasteiger partial charge in [-0.1, -0.05) is 59.8 Å². The van der Waals surface area contributed by atoms with Crippen LogP contribution in [0.3, 0.4) is 0 Å². The van der Waals surface area contributed by atoms with E-state index in [9.17, 15) is 0 Å². The van der Waals surface area contributed by atoms with Gasteiger partial charge in [0.15, 0.2) is 0 Å². The number of hydrogen-bond donors (Lipinski definition) is 0. The van der Waals surface area contributed by atoms with Crippen molar-refractivity contribution in [3.8, 4) is 0 Å². The first-order valence-corrected chi connectivity index (χ1v) is 8.31. The highest BCUT2D eigenvalue weighted by Crippen LogP contribution is 2.07. The summed E-state index contributed by atoms with van der Waals surface area (Å²) in [6, 6.07) is 0. The van der Waals surface area contributed by atoms with E-state index in [-0.39, 0.29) is 0 Å². The van der Waals surface area contributed by atoms with Crippen LogP contribution >= 0.6 is 0 Å². The lowest BCUT2D eigenvalue weighted by Crippen LogP contribution is -2.46. The zero-order chi connectivity index (χ0) is 13.6. The Kier molecular flexibility index (Phi) is 13.3. The topological polar surface area (TPSA) is 6.48 Å². The van der Waals surface area contributed by atoms with E-state index in [2.05, 4.69) is 23.6 Å². The molecule has 0 spiro atoms. The van der Waals surface area contributed by atoms with Crippen molar-refractivity contribution >= 4 is 0 Å². The zero-order valence-corrected chi connectivity index (χ0v) is 13.4. The Hall–Kier alpha value is -0.0800. The molecule has 1 saturated heterocycles. The summed E-state index contributed by atoms with van der Waals surface area (Å²) >= 11 is 0. The van der Waals surface area contributed by atoms with E-state index in [1.165, 1.54) is 77.8 Å². The molecule has 2 nitrogen and oxygen atoms in total. The third-order valence-corrected chi connectivity index (χ3v) is 3.74. The van der Waals surface area contributed by atoms with Gasteiger partial charge < -0.3 is 9.80 Å². The number of hydrogen-bond acceptors (Lipinski definition) is 2. The summed E-state index contributed by atoms with van der Waals surface area (Å²) in [5.74, 6) is 0. The van der Waals surface area contributed by atoms with E-state index >= 15 is 0 Å². The minimum Gasteiger partial charge on any atom is -0.301 e. The molecule has 1 heterocycles. The van der Waals surface area contributed by atoms with Gasteiger partial charge in [0, 0.05) is 26.2 Å². The highest BCUT2D eigenvalue weighted by molar-refractivity contribution is 4.70. The lowest BCUT2D eigenvalue weighted by molar-refractivity contribution is 0.135. The molecule has 0 bridgehead atoms. The van der Waals surface area contributed by atoms with Crippen LogP contribution in [0.5, 0.6) is 0 Å². The molecule has 1 fully saturated rings. The molecule has 0 saturated carbocycles. The minimum atomic E-state index is 1.23. The van der Waals surface area contributed by atoms with E-state index in [1.54, 1.807) is 0 Å². The van der Waals surface area contributed by atoms with E-state index in [4.69, 9.17) is 0 Å². The average Bonchev–Trinajstić information content (AvgIpc) is 2.45. The Morgan fingerprint density at radius 2 is 1.17 bits per heavy atom. The van der Waals surface area contributed by atoms with Crippen LogP contribution in [-0.4, -0.2) is 49.1 Å². The number of rotatable bonds is 8. The van der Waals surface area contributed by atoms with Crippen LogP contribution in [0.25, 0.3) is 0 Å². The molecule has 0 aliphatic carbocycles. The van der Waals surface area contributed by atoms with Gasteiger partial charge in [-0.25, -0.2) is 0 Å². The van der Waals surface area contributed by atoms with Crippen LogP contribution in [0.1, 0.15) is 66.2 Å². The van der Waals surface area contributed by atoms with Gasteiger partial charge in [-0.05, 0) is 19.5 Å². The zero-order valence-electron chi connectivity index (χ0n) is 13.4. The molecule has 110 valence electrons. The fraction of sp³-hybridized carbons (Fsp3) is 1.00. The van der Waals surface area contributed by atoms with Crippen molar-refractivity contribution in [2.24, 2.45) is 0 Å². The summed E-state index contributed by atoms with van der Waals surface area (Å²) in [6.07, 6.45) is 8.53. The molecule has 0 amide bonds. The molecule has 0 N–H and O–H groups in total. The Bertz CT molecular complexity index is 151. The number of nitrogens with zero attached hydrogens (tertiary/aromatic N) is 2. The van der Waals surface area contributed by atoms with Crippen molar-refractivity contribution in [3.05, 3.63) is 0 Å². The largest absolute Gasteiger partial charge is 0.301 e. The van der Waals surface area contributed by atoms with Gasteiger partial charge in [0.25, 0.3) is 0 Å². The predicted molar refractivity (Wildman–Crippen MR) is 83.3 cm³/mol. The molecule has 18 heavy (non-hydrogen) atoms. The SMILES string of the molecule is CC.CCCCCCCCN1CCN(CC)CC1. The third-order valence-electron chi connectivity index (χ3n) is 3.74. The maximum Gasteiger partial charge on any atom is 0.0110 e. The molecular formula is C16H36N2. The third kappa shape index (κ3) is 8.93. The molecule has 1 aliphatic rings. The smallest absolute Gasteiger partial charge is 0.0110 e. The second-order valence-electron chi connectivity index (χ2n) is 5.04. The quantitative estimate of drug-likeness (QED) is 0.605. The van der Waals surface area contributed by atoms with Gasteiger partial charge in [-0.2, -0.15) is 0 Å². The highest BCUT2D eigenvalue weighted by atomic mass is 15.3. The van der Waals surface area contributed by atoms with Crippen molar-refractivity contribution in [1.29, 1.82) is 0 Å². The Morgan fingerprint density at radius 3 is 1.72 bits per heavy atom. The molecule has 0 aromatic rings. The summed E-state index contributed by atoms with van der Waals surface area (Å²) in [5, 5.41) is 0. The summed E-state index contributed by atoms with van der Waals surface area (Å²) in [5.41, 5.74) is 0. The van der Waals surface area contributed by atoms with Crippen molar-refractivity contribution < 1.29 is 0 Å². The molecule has 2 heteroatoms. The molecule has 1 aliphatic heterocycles. The van der Waals surface area contributed by atoms with Crippen LogP contribution in [0.2, 0.25) is 0 Å². The normalized spacial score (nSPS) is 17.3. The van der Waals surface area contributed by atoms with Crippen molar-refractivity contribution in [1.82, 2.24) is 9.80 Å². The first kappa shape index (κ1) is 17.9. The summed E-state index contributed by atoms with van der Waals surface area (Å²) in [7, 11) is 0. The van der Waals surface area contributed by atoms with Gasteiger partial charge in [0.2, 0.25) is 0 Å². The first-order chi connectivity index (χ1) is 8.86. The molecular weight excluding hydrogens is 220 g/mol. The summed E-state index contributed by atoms with van der Waals surface area (Å²) < 4.78 is 0. The lowest BCUT2D eigenvalue weighted by atomic mass is 10.1. The Labute approximate surface area is 116 Å². The van der Waals surface area contributed by atoms with Gasteiger partial charge in [-0.15, -0.1) is 0 Å². The van der Waals surface area contributed by atoms with Crippen LogP contribution < -0.4 is 0 Å². The standard InChI is InChI=1S/C14H30N2.C2H6/c1-3-5-6-7-8-9-10-16-13-11-15(4-2)12-14-16;1-2/h3-14H2,1-2H3;1-2H3. The fourth-order valence-electron chi connectivity index (χ4n) is 2.44. The van der Waals surface area contributed by atoms with Gasteiger partial charge in [0.1, 0.15) is 0 Å². The van der Waals surface area contributed by atoms with Crippen LogP contribution in [0.4, 0.5) is 0 Å². The van der Waals surface area contributed by atoms with E-state index in [0.717, 1.165) is 0 Å². The maximum atomic E-state index is 2.64.